The summed E-state index contributed by atoms with van der Waals surface area (Å²) < 4.78 is 5.39. The first-order valence-electron chi connectivity index (χ1n) is 8.66. The van der Waals surface area contributed by atoms with E-state index in [-0.39, 0.29) is 0 Å². The Labute approximate surface area is 140 Å². The third-order valence-corrected chi connectivity index (χ3v) is 5.51. The first-order chi connectivity index (χ1) is 11.7. The molecule has 0 unspecified atom stereocenters. The van der Waals surface area contributed by atoms with Gasteiger partial charge < -0.3 is 15.0 Å². The van der Waals surface area contributed by atoms with Crippen LogP contribution in [0.4, 0.5) is 17.6 Å². The maximum Gasteiger partial charge on any atom is 0.227 e. The minimum Gasteiger partial charge on any atom is -0.384 e. The van der Waals surface area contributed by atoms with E-state index in [0.717, 1.165) is 30.7 Å². The van der Waals surface area contributed by atoms with Crippen LogP contribution in [0, 0.1) is 5.41 Å². The van der Waals surface area contributed by atoms with E-state index < -0.39 is 0 Å². The Kier molecular flexibility index (Phi) is 3.06. The molecule has 2 aliphatic heterocycles. The summed E-state index contributed by atoms with van der Waals surface area (Å²) >= 11 is 0. The van der Waals surface area contributed by atoms with Gasteiger partial charge in [0.25, 0.3) is 0 Å². The zero-order chi connectivity index (χ0) is 16.1. The van der Waals surface area contributed by atoms with Crippen LogP contribution in [0.25, 0.3) is 0 Å². The molecule has 4 aliphatic rings. The van der Waals surface area contributed by atoms with Crippen LogP contribution < -0.4 is 10.2 Å². The van der Waals surface area contributed by atoms with Gasteiger partial charge in [0.05, 0.1) is 6.61 Å². The van der Waals surface area contributed by atoms with Crippen molar-refractivity contribution >= 4 is 17.6 Å². The summed E-state index contributed by atoms with van der Waals surface area (Å²) in [6, 6.07) is 4.53. The Bertz CT molecular complexity index is 749. The van der Waals surface area contributed by atoms with Crippen molar-refractivity contribution in [2.24, 2.45) is 5.41 Å². The molecule has 4 heterocycles. The van der Waals surface area contributed by atoms with Gasteiger partial charge in [-0.05, 0) is 31.7 Å². The van der Waals surface area contributed by atoms with E-state index >= 15 is 0 Å². The summed E-state index contributed by atoms with van der Waals surface area (Å²) in [5.41, 5.74) is 1.53. The van der Waals surface area contributed by atoms with Gasteiger partial charge in [-0.3, -0.25) is 5.10 Å². The minimum absolute atomic E-state index is 0.313. The Balaban J connectivity index is 1.31. The predicted octanol–water partition coefficient (Wildman–Crippen LogP) is 2.44. The molecule has 24 heavy (non-hydrogen) atoms. The van der Waals surface area contributed by atoms with Crippen LogP contribution in [0.15, 0.2) is 18.3 Å². The molecule has 7 heteroatoms. The van der Waals surface area contributed by atoms with E-state index in [4.69, 9.17) is 9.72 Å². The number of nitrogens with one attached hydrogen (secondary N) is 2. The van der Waals surface area contributed by atoms with Crippen molar-refractivity contribution in [3.63, 3.8) is 0 Å². The molecule has 2 bridgehead atoms. The summed E-state index contributed by atoms with van der Waals surface area (Å²) in [7, 11) is 1.78. The molecule has 2 aliphatic carbocycles. The van der Waals surface area contributed by atoms with Crippen molar-refractivity contribution < 1.29 is 4.74 Å². The molecular weight excluding hydrogens is 304 g/mol. The summed E-state index contributed by atoms with van der Waals surface area (Å²) in [5, 5.41) is 10.7. The number of nitrogens with zero attached hydrogens (tertiary/aromatic N) is 4. The summed E-state index contributed by atoms with van der Waals surface area (Å²) in [6.45, 7) is 1.82. The normalized spacial score (nSPS) is 28.0. The first kappa shape index (κ1) is 14.2. The van der Waals surface area contributed by atoms with Gasteiger partial charge >= 0.3 is 0 Å². The van der Waals surface area contributed by atoms with Crippen LogP contribution in [0.3, 0.4) is 0 Å². The number of aromatic nitrogens is 4. The van der Waals surface area contributed by atoms with E-state index in [1.54, 1.807) is 7.11 Å². The maximum atomic E-state index is 5.39. The number of methoxy groups -OCH3 is 1. The number of anilines is 3. The van der Waals surface area contributed by atoms with E-state index in [1.807, 2.05) is 12.3 Å². The molecule has 2 saturated heterocycles. The third kappa shape index (κ3) is 2.34. The van der Waals surface area contributed by atoms with Crippen molar-refractivity contribution in [1.82, 2.24) is 20.2 Å². The van der Waals surface area contributed by atoms with Crippen molar-refractivity contribution in [3.8, 4) is 0 Å². The number of rotatable bonds is 6. The van der Waals surface area contributed by atoms with E-state index in [9.17, 15) is 0 Å². The lowest BCUT2D eigenvalue weighted by Crippen LogP contribution is -2.37. The minimum atomic E-state index is 0.313. The molecule has 126 valence electrons. The standard InChI is InChI=1S/C17H22N6O/c1-24-10-17-7-12(8-17)23(9-17)16-18-5-4-14(20-16)19-15-6-13(21-22-15)11-2-3-11/h4-6,11-12H,2-3,7-10H2,1H3,(H2,18,19,20,21,22). The Morgan fingerprint density at radius 1 is 1.38 bits per heavy atom. The maximum absolute atomic E-state index is 5.39. The fraction of sp³-hybridized carbons (Fsp3) is 0.588. The van der Waals surface area contributed by atoms with Gasteiger partial charge in [-0.15, -0.1) is 0 Å². The molecule has 0 amide bonds. The van der Waals surface area contributed by atoms with Crippen LogP contribution >= 0.6 is 0 Å². The molecular formula is C17H22N6O. The van der Waals surface area contributed by atoms with E-state index in [2.05, 4.69) is 31.5 Å². The van der Waals surface area contributed by atoms with Crippen LogP contribution in [-0.2, 0) is 4.74 Å². The highest BCUT2D eigenvalue weighted by molar-refractivity contribution is 5.54. The number of aromatic amines is 1. The number of hydrogen-bond donors (Lipinski definition) is 2. The topological polar surface area (TPSA) is 79.0 Å². The first-order valence-corrected chi connectivity index (χ1v) is 8.66. The fourth-order valence-corrected chi connectivity index (χ4v) is 4.18. The van der Waals surface area contributed by atoms with Crippen LogP contribution in [-0.4, -0.2) is 46.5 Å². The highest BCUT2D eigenvalue weighted by atomic mass is 16.5. The number of hydrogen-bond acceptors (Lipinski definition) is 6. The molecule has 4 fully saturated rings. The summed E-state index contributed by atoms with van der Waals surface area (Å²) in [6.07, 6.45) is 6.72. The number of ether oxygens (including phenoxy) is 1. The van der Waals surface area contributed by atoms with Gasteiger partial charge in [-0.25, -0.2) is 4.98 Å². The van der Waals surface area contributed by atoms with Crippen LogP contribution in [0.5, 0.6) is 0 Å². The predicted molar refractivity (Wildman–Crippen MR) is 90.6 cm³/mol. The van der Waals surface area contributed by atoms with Gasteiger partial charge in [0, 0.05) is 49.0 Å². The van der Waals surface area contributed by atoms with E-state index in [1.165, 1.54) is 31.4 Å². The highest BCUT2D eigenvalue weighted by Crippen LogP contribution is 2.52. The zero-order valence-corrected chi connectivity index (χ0v) is 13.8. The summed E-state index contributed by atoms with van der Waals surface area (Å²) in [5.74, 6) is 3.09. The van der Waals surface area contributed by atoms with Gasteiger partial charge in [-0.1, -0.05) is 0 Å². The molecule has 6 rings (SSSR count). The largest absolute Gasteiger partial charge is 0.384 e. The van der Waals surface area contributed by atoms with E-state index in [0.29, 0.717) is 17.4 Å². The molecule has 7 nitrogen and oxygen atoms in total. The number of fused-ring (bicyclic) bond motifs is 1. The SMILES string of the molecule is COCC12CC(C1)N(c1nccc(Nc3cc(C4CC4)[nH]n3)n1)C2. The van der Waals surface area contributed by atoms with Crippen LogP contribution in [0.2, 0.25) is 0 Å². The lowest BCUT2D eigenvalue weighted by atomic mass is 9.71. The highest BCUT2D eigenvalue weighted by Gasteiger charge is 2.55. The Hall–Kier alpha value is -2.15. The van der Waals surface area contributed by atoms with Gasteiger partial charge in [0.15, 0.2) is 5.82 Å². The average Bonchev–Trinajstić information content (AvgIpc) is 3.04. The lowest BCUT2D eigenvalue weighted by molar-refractivity contribution is 0.0521. The molecule has 2 N–H and O–H groups in total. The fourth-order valence-electron chi connectivity index (χ4n) is 4.18. The molecule has 2 saturated carbocycles. The third-order valence-electron chi connectivity index (χ3n) is 5.51. The molecule has 0 aromatic carbocycles. The molecule has 0 radical (unpaired) electrons. The number of H-pyrrole nitrogens is 1. The molecule has 2 aromatic rings. The second kappa shape index (κ2) is 5.17. The van der Waals surface area contributed by atoms with Crippen molar-refractivity contribution in [2.75, 3.05) is 30.5 Å². The zero-order valence-electron chi connectivity index (χ0n) is 13.8. The van der Waals surface area contributed by atoms with Gasteiger partial charge in [0.1, 0.15) is 5.82 Å². The van der Waals surface area contributed by atoms with Crippen LogP contribution in [0.1, 0.15) is 37.3 Å². The quantitative estimate of drug-likeness (QED) is 0.849. The Morgan fingerprint density at radius 2 is 2.25 bits per heavy atom. The van der Waals surface area contributed by atoms with Crippen molar-refractivity contribution in [1.29, 1.82) is 0 Å². The average molecular weight is 326 g/mol. The van der Waals surface area contributed by atoms with Crippen molar-refractivity contribution in [2.45, 2.75) is 37.6 Å². The van der Waals surface area contributed by atoms with Crippen molar-refractivity contribution in [3.05, 3.63) is 24.0 Å². The monoisotopic (exact) mass is 326 g/mol. The summed E-state index contributed by atoms with van der Waals surface area (Å²) in [4.78, 5) is 11.5. The molecule has 0 spiro atoms. The van der Waals surface area contributed by atoms with Gasteiger partial charge in [-0.2, -0.15) is 10.1 Å². The Morgan fingerprint density at radius 3 is 3.04 bits per heavy atom. The smallest absolute Gasteiger partial charge is 0.227 e. The van der Waals surface area contributed by atoms with Gasteiger partial charge in [0.2, 0.25) is 5.95 Å². The second-order valence-electron chi connectivity index (χ2n) is 7.47. The lowest BCUT2D eigenvalue weighted by Gasteiger charge is -2.35. The molecule has 0 atom stereocenters. The molecule has 2 aromatic heterocycles. The second-order valence-corrected chi connectivity index (χ2v) is 7.47.